The molecule has 0 bridgehead atoms. The van der Waals surface area contributed by atoms with E-state index >= 15 is 0 Å². The van der Waals surface area contributed by atoms with Crippen LogP contribution >= 0.6 is 12.2 Å². The minimum atomic E-state index is -1.01. The van der Waals surface area contributed by atoms with Crippen LogP contribution in [0, 0.1) is 5.92 Å². The van der Waals surface area contributed by atoms with E-state index in [1.807, 2.05) is 36.4 Å². The summed E-state index contributed by atoms with van der Waals surface area (Å²) in [4.78, 5) is 34.9. The topological polar surface area (TPSA) is 57.4 Å². The molecule has 1 N–H and O–H groups in total. The maximum atomic E-state index is 13.2. The van der Waals surface area contributed by atoms with Crippen molar-refractivity contribution in [2.45, 2.75) is 6.42 Å². The minimum absolute atomic E-state index is 0.151. The fraction of sp³-hybridized carbons (Fsp3) is 0.273. The third-order valence-electron chi connectivity index (χ3n) is 4.60. The molecule has 0 spiro atoms. The van der Waals surface area contributed by atoms with Crippen LogP contribution in [0.1, 0.15) is 6.42 Å². The van der Waals surface area contributed by atoms with Crippen molar-refractivity contribution in [3.05, 3.63) is 60.7 Å². The molecule has 1 saturated heterocycles. The fourth-order valence-corrected chi connectivity index (χ4v) is 3.52. The number of benzene rings is 2. The largest absolute Gasteiger partial charge is 0.340 e. The molecular formula is C22H25N4O2S+. The number of hydrogen-bond donors (Lipinski definition) is 1. The van der Waals surface area contributed by atoms with Crippen molar-refractivity contribution < 1.29 is 14.5 Å². The van der Waals surface area contributed by atoms with Gasteiger partial charge in [-0.25, -0.2) is 0 Å². The van der Waals surface area contributed by atoms with Gasteiger partial charge in [-0.1, -0.05) is 36.4 Å². The molecular weight excluding hydrogens is 384 g/mol. The summed E-state index contributed by atoms with van der Waals surface area (Å²) < 4.78 is 0. The molecule has 0 aliphatic carbocycles. The number of quaternary nitrogens is 1. The molecule has 0 aromatic heterocycles. The van der Waals surface area contributed by atoms with Gasteiger partial charge in [-0.15, -0.1) is 0 Å². The first kappa shape index (κ1) is 20.8. The van der Waals surface area contributed by atoms with Gasteiger partial charge >= 0.3 is 0 Å². The predicted molar refractivity (Wildman–Crippen MR) is 120 cm³/mol. The zero-order chi connectivity index (χ0) is 20.8. The molecule has 0 unspecified atom stereocenters. The molecule has 0 saturated carbocycles. The van der Waals surface area contributed by atoms with E-state index in [-0.39, 0.29) is 16.9 Å². The SMILES string of the molecule is C[NH+](C)CCCN=CC1C(=O)N(c2ccccc2)C(=S)N(c2ccccc2)C1=O. The summed E-state index contributed by atoms with van der Waals surface area (Å²) in [5.74, 6) is -1.76. The maximum absolute atomic E-state index is 13.2. The van der Waals surface area contributed by atoms with Crippen LogP contribution in [-0.4, -0.2) is 50.3 Å². The molecule has 1 heterocycles. The maximum Gasteiger partial charge on any atom is 0.251 e. The number of nitrogens with one attached hydrogen (secondary N) is 1. The van der Waals surface area contributed by atoms with Crippen LogP contribution in [-0.2, 0) is 9.59 Å². The lowest BCUT2D eigenvalue weighted by Crippen LogP contribution is -3.05. The van der Waals surface area contributed by atoms with E-state index in [2.05, 4.69) is 19.1 Å². The predicted octanol–water partition coefficient (Wildman–Crippen LogP) is 1.57. The van der Waals surface area contributed by atoms with Gasteiger partial charge in [0.25, 0.3) is 11.8 Å². The molecule has 2 aromatic carbocycles. The second kappa shape index (κ2) is 9.54. The zero-order valence-corrected chi connectivity index (χ0v) is 17.4. The van der Waals surface area contributed by atoms with Gasteiger partial charge in [0.15, 0.2) is 11.0 Å². The fourth-order valence-electron chi connectivity index (χ4n) is 3.13. The molecule has 29 heavy (non-hydrogen) atoms. The first-order chi connectivity index (χ1) is 14.0. The Hall–Kier alpha value is -2.90. The van der Waals surface area contributed by atoms with Gasteiger partial charge in [0.2, 0.25) is 0 Å². The van der Waals surface area contributed by atoms with Gasteiger partial charge in [0.05, 0.1) is 32.0 Å². The van der Waals surface area contributed by atoms with Crippen molar-refractivity contribution >= 4 is 46.7 Å². The second-order valence-corrected chi connectivity index (χ2v) is 7.51. The molecule has 0 radical (unpaired) electrons. The highest BCUT2D eigenvalue weighted by atomic mass is 32.1. The lowest BCUT2D eigenvalue weighted by Gasteiger charge is -2.38. The Labute approximate surface area is 176 Å². The van der Waals surface area contributed by atoms with Gasteiger partial charge in [-0.05, 0) is 36.5 Å². The molecule has 1 aliphatic heterocycles. The highest BCUT2D eigenvalue weighted by Crippen LogP contribution is 2.28. The van der Waals surface area contributed by atoms with Crippen molar-refractivity contribution in [2.24, 2.45) is 10.9 Å². The number of rotatable bonds is 7. The van der Waals surface area contributed by atoms with E-state index in [0.717, 1.165) is 13.0 Å². The van der Waals surface area contributed by atoms with Crippen LogP contribution in [0.15, 0.2) is 65.7 Å². The molecule has 2 aromatic rings. The number of carbonyl (C=O) groups excluding carboxylic acids is 2. The molecule has 150 valence electrons. The summed E-state index contributed by atoms with van der Waals surface area (Å²) in [6, 6.07) is 18.3. The van der Waals surface area contributed by atoms with Gasteiger partial charge < -0.3 is 4.90 Å². The van der Waals surface area contributed by atoms with E-state index in [1.165, 1.54) is 20.9 Å². The molecule has 3 rings (SSSR count). The number of carbonyl (C=O) groups is 2. The van der Waals surface area contributed by atoms with Crippen LogP contribution in [0.5, 0.6) is 0 Å². The number of hydrogen-bond acceptors (Lipinski definition) is 4. The standard InChI is InChI=1S/C22H24N4O2S/c1-24(2)15-9-14-23-16-19-20(27)25(17-10-5-3-6-11-17)22(29)26(21(19)28)18-12-7-4-8-13-18/h3-8,10-13,16,19H,9,14-15H2,1-2H3/p+1. The first-order valence-corrected chi connectivity index (χ1v) is 10.0. The first-order valence-electron chi connectivity index (χ1n) is 9.61. The van der Waals surface area contributed by atoms with Crippen LogP contribution in [0.2, 0.25) is 0 Å². The third-order valence-corrected chi connectivity index (χ3v) is 4.97. The lowest BCUT2D eigenvalue weighted by atomic mass is 10.0. The van der Waals surface area contributed by atoms with Crippen molar-refractivity contribution in [3.8, 4) is 0 Å². The summed E-state index contributed by atoms with van der Waals surface area (Å²) in [6.07, 6.45) is 2.36. The van der Waals surface area contributed by atoms with Crippen molar-refractivity contribution in [2.75, 3.05) is 37.0 Å². The average Bonchev–Trinajstić information content (AvgIpc) is 2.71. The summed E-state index contributed by atoms with van der Waals surface area (Å²) >= 11 is 5.57. The normalized spacial score (nSPS) is 15.8. The third kappa shape index (κ3) is 4.75. The Morgan fingerprint density at radius 1 is 0.931 bits per heavy atom. The Morgan fingerprint density at radius 3 is 1.86 bits per heavy atom. The average molecular weight is 410 g/mol. The second-order valence-electron chi connectivity index (χ2n) is 7.14. The van der Waals surface area contributed by atoms with Gasteiger partial charge in [0.1, 0.15) is 0 Å². The Bertz CT molecular complexity index is 838. The Morgan fingerprint density at radius 2 is 1.41 bits per heavy atom. The van der Waals surface area contributed by atoms with E-state index in [9.17, 15) is 9.59 Å². The molecule has 0 atom stereocenters. The smallest absolute Gasteiger partial charge is 0.251 e. The van der Waals surface area contributed by atoms with Crippen molar-refractivity contribution in [1.29, 1.82) is 0 Å². The van der Waals surface area contributed by atoms with Crippen LogP contribution in [0.4, 0.5) is 11.4 Å². The van der Waals surface area contributed by atoms with Crippen LogP contribution in [0.25, 0.3) is 0 Å². The van der Waals surface area contributed by atoms with E-state index in [1.54, 1.807) is 24.3 Å². The summed E-state index contributed by atoms with van der Waals surface area (Å²) in [7, 11) is 4.16. The van der Waals surface area contributed by atoms with Crippen molar-refractivity contribution in [1.82, 2.24) is 0 Å². The summed E-state index contributed by atoms with van der Waals surface area (Å²) in [5.41, 5.74) is 1.26. The lowest BCUT2D eigenvalue weighted by molar-refractivity contribution is -0.858. The summed E-state index contributed by atoms with van der Waals surface area (Å²) in [5, 5.41) is 0.151. The monoisotopic (exact) mass is 409 g/mol. The van der Waals surface area contributed by atoms with Gasteiger partial charge in [-0.3, -0.25) is 24.4 Å². The van der Waals surface area contributed by atoms with E-state index < -0.39 is 5.92 Å². The van der Waals surface area contributed by atoms with Gasteiger partial charge in [-0.2, -0.15) is 0 Å². The highest BCUT2D eigenvalue weighted by Gasteiger charge is 2.44. The number of amides is 2. The Balaban J connectivity index is 1.92. The number of nitrogens with zero attached hydrogens (tertiary/aromatic N) is 3. The number of thiocarbonyl (C=S) groups is 1. The number of anilines is 2. The quantitative estimate of drug-likeness (QED) is 0.327. The molecule has 1 aliphatic rings. The summed E-state index contributed by atoms with van der Waals surface area (Å²) in [6.45, 7) is 1.55. The van der Waals surface area contributed by atoms with Crippen molar-refractivity contribution in [3.63, 3.8) is 0 Å². The molecule has 1 fully saturated rings. The molecule has 7 heteroatoms. The molecule has 6 nitrogen and oxygen atoms in total. The zero-order valence-electron chi connectivity index (χ0n) is 16.6. The van der Waals surface area contributed by atoms with Crippen LogP contribution in [0.3, 0.4) is 0 Å². The minimum Gasteiger partial charge on any atom is -0.340 e. The highest BCUT2D eigenvalue weighted by molar-refractivity contribution is 7.81. The van der Waals surface area contributed by atoms with E-state index in [0.29, 0.717) is 17.9 Å². The van der Waals surface area contributed by atoms with Gasteiger partial charge in [0, 0.05) is 19.2 Å². The van der Waals surface area contributed by atoms with E-state index in [4.69, 9.17) is 12.2 Å². The Kier molecular flexibility index (Phi) is 6.85. The number of aliphatic imine (C=N–C) groups is 1. The molecule has 2 amide bonds. The van der Waals surface area contributed by atoms with Crippen LogP contribution < -0.4 is 14.7 Å². The number of para-hydroxylation sites is 2.